The Morgan fingerprint density at radius 3 is 2.44 bits per heavy atom. The predicted octanol–water partition coefficient (Wildman–Crippen LogP) is 0.325. The van der Waals surface area contributed by atoms with Crippen molar-refractivity contribution >= 4 is 15.9 Å². The van der Waals surface area contributed by atoms with Crippen LogP contribution in [0.25, 0.3) is 0 Å². The van der Waals surface area contributed by atoms with Crippen LogP contribution < -0.4 is 4.72 Å². The Bertz CT molecular complexity index is 351. The van der Waals surface area contributed by atoms with E-state index in [2.05, 4.69) is 4.72 Å². The van der Waals surface area contributed by atoms with E-state index in [9.17, 15) is 13.2 Å². The van der Waals surface area contributed by atoms with Gasteiger partial charge in [-0.1, -0.05) is 0 Å². The highest BCUT2D eigenvalue weighted by Gasteiger charge is 2.24. The summed E-state index contributed by atoms with van der Waals surface area (Å²) in [5.74, 6) is 0.121. The lowest BCUT2D eigenvalue weighted by atomic mass is 10.3. The van der Waals surface area contributed by atoms with Crippen LogP contribution in [0.15, 0.2) is 0 Å². The van der Waals surface area contributed by atoms with Crippen LogP contribution in [0.2, 0.25) is 0 Å². The molecule has 1 unspecified atom stereocenters. The molecule has 0 saturated carbocycles. The summed E-state index contributed by atoms with van der Waals surface area (Å²) in [7, 11) is -3.24. The summed E-state index contributed by atoms with van der Waals surface area (Å²) in [6.45, 7) is 6.26. The van der Waals surface area contributed by atoms with Crippen LogP contribution >= 0.6 is 0 Å². The third kappa shape index (κ3) is 3.45. The Morgan fingerprint density at radius 1 is 1.38 bits per heavy atom. The molecule has 16 heavy (non-hydrogen) atoms. The number of nitrogens with zero attached hydrogens (tertiary/aromatic N) is 1. The molecule has 1 heterocycles. The SMILES string of the molecule is CC(CN1CCCC1=O)NS(=O)(=O)C(C)C. The number of likely N-dealkylation sites (tertiary alicyclic amines) is 1. The molecule has 0 aromatic carbocycles. The second-order valence-electron chi connectivity index (χ2n) is 4.56. The molecular weight excluding hydrogens is 228 g/mol. The number of sulfonamides is 1. The first-order valence-corrected chi connectivity index (χ1v) is 7.16. The van der Waals surface area contributed by atoms with Gasteiger partial charge in [0.05, 0.1) is 5.25 Å². The summed E-state index contributed by atoms with van der Waals surface area (Å²) >= 11 is 0. The monoisotopic (exact) mass is 248 g/mol. The minimum Gasteiger partial charge on any atom is -0.341 e. The van der Waals surface area contributed by atoms with E-state index in [1.54, 1.807) is 25.7 Å². The number of hydrogen-bond donors (Lipinski definition) is 1. The molecule has 0 aromatic rings. The van der Waals surface area contributed by atoms with E-state index in [-0.39, 0.29) is 11.9 Å². The van der Waals surface area contributed by atoms with Gasteiger partial charge < -0.3 is 4.90 Å². The number of amides is 1. The van der Waals surface area contributed by atoms with E-state index >= 15 is 0 Å². The van der Waals surface area contributed by atoms with Crippen LogP contribution in [-0.4, -0.2) is 43.6 Å². The van der Waals surface area contributed by atoms with Crippen LogP contribution in [0.3, 0.4) is 0 Å². The zero-order valence-electron chi connectivity index (χ0n) is 10.1. The van der Waals surface area contributed by atoms with E-state index in [0.717, 1.165) is 13.0 Å². The summed E-state index contributed by atoms with van der Waals surface area (Å²) in [6.07, 6.45) is 1.46. The molecule has 0 spiro atoms. The number of nitrogens with one attached hydrogen (secondary N) is 1. The van der Waals surface area contributed by atoms with Crippen molar-refractivity contribution in [2.75, 3.05) is 13.1 Å². The molecule has 1 rings (SSSR count). The largest absolute Gasteiger partial charge is 0.341 e. The van der Waals surface area contributed by atoms with E-state index < -0.39 is 15.3 Å². The van der Waals surface area contributed by atoms with Gasteiger partial charge in [0.25, 0.3) is 0 Å². The number of hydrogen-bond acceptors (Lipinski definition) is 3. The molecule has 1 saturated heterocycles. The molecule has 1 amide bonds. The summed E-state index contributed by atoms with van der Waals surface area (Å²) in [4.78, 5) is 13.1. The minimum atomic E-state index is -3.24. The van der Waals surface area contributed by atoms with Gasteiger partial charge in [-0.15, -0.1) is 0 Å². The molecule has 94 valence electrons. The van der Waals surface area contributed by atoms with Gasteiger partial charge in [0.15, 0.2) is 0 Å². The maximum Gasteiger partial charge on any atom is 0.222 e. The molecule has 6 heteroatoms. The Kier molecular flexibility index (Phi) is 4.32. The highest BCUT2D eigenvalue weighted by molar-refractivity contribution is 7.90. The molecule has 1 aliphatic rings. The van der Waals surface area contributed by atoms with Crippen LogP contribution in [0.1, 0.15) is 33.6 Å². The Labute approximate surface area is 97.2 Å². The third-order valence-corrected chi connectivity index (χ3v) is 4.62. The Balaban J connectivity index is 2.47. The maximum absolute atomic E-state index is 11.6. The number of carbonyl (C=O) groups is 1. The van der Waals surface area contributed by atoms with Crippen molar-refractivity contribution < 1.29 is 13.2 Å². The topological polar surface area (TPSA) is 66.5 Å². The number of rotatable bonds is 5. The first-order chi connectivity index (χ1) is 7.33. The molecule has 0 bridgehead atoms. The van der Waals surface area contributed by atoms with Gasteiger partial charge >= 0.3 is 0 Å². The second kappa shape index (κ2) is 5.14. The van der Waals surface area contributed by atoms with Crippen LogP contribution in [0.5, 0.6) is 0 Å². The average Bonchev–Trinajstić information content (AvgIpc) is 2.50. The van der Waals surface area contributed by atoms with E-state index in [1.807, 2.05) is 0 Å². The van der Waals surface area contributed by atoms with Gasteiger partial charge in [-0.3, -0.25) is 4.79 Å². The van der Waals surface area contributed by atoms with Gasteiger partial charge in [-0.05, 0) is 27.2 Å². The van der Waals surface area contributed by atoms with Crippen LogP contribution in [0, 0.1) is 0 Å². The van der Waals surface area contributed by atoms with E-state index in [0.29, 0.717) is 13.0 Å². The lowest BCUT2D eigenvalue weighted by Crippen LogP contribution is -2.44. The van der Waals surface area contributed by atoms with Crippen molar-refractivity contribution in [1.82, 2.24) is 9.62 Å². The van der Waals surface area contributed by atoms with Crippen molar-refractivity contribution in [3.63, 3.8) is 0 Å². The fourth-order valence-corrected chi connectivity index (χ4v) is 2.59. The first-order valence-electron chi connectivity index (χ1n) is 5.62. The molecular formula is C10H20N2O3S. The van der Waals surface area contributed by atoms with Crippen LogP contribution in [-0.2, 0) is 14.8 Å². The van der Waals surface area contributed by atoms with Gasteiger partial charge in [-0.25, -0.2) is 13.1 Å². The molecule has 1 fully saturated rings. The van der Waals surface area contributed by atoms with Gasteiger partial charge in [0, 0.05) is 25.6 Å². The molecule has 5 nitrogen and oxygen atoms in total. The predicted molar refractivity (Wildman–Crippen MR) is 62.5 cm³/mol. The first kappa shape index (κ1) is 13.4. The quantitative estimate of drug-likeness (QED) is 0.762. The summed E-state index contributed by atoms with van der Waals surface area (Å²) in [6, 6.07) is -0.227. The minimum absolute atomic E-state index is 0.121. The van der Waals surface area contributed by atoms with Gasteiger partial charge in [0.1, 0.15) is 0 Å². The highest BCUT2D eigenvalue weighted by Crippen LogP contribution is 2.10. The van der Waals surface area contributed by atoms with Gasteiger partial charge in [0.2, 0.25) is 15.9 Å². The molecule has 1 aliphatic heterocycles. The van der Waals surface area contributed by atoms with E-state index in [1.165, 1.54) is 0 Å². The van der Waals surface area contributed by atoms with Crippen molar-refractivity contribution in [3.8, 4) is 0 Å². The molecule has 0 aromatic heterocycles. The zero-order valence-corrected chi connectivity index (χ0v) is 10.9. The Hall–Kier alpha value is -0.620. The molecule has 0 aliphatic carbocycles. The van der Waals surface area contributed by atoms with E-state index in [4.69, 9.17) is 0 Å². The third-order valence-electron chi connectivity index (χ3n) is 2.65. The maximum atomic E-state index is 11.6. The van der Waals surface area contributed by atoms with Gasteiger partial charge in [-0.2, -0.15) is 0 Å². The summed E-state index contributed by atoms with van der Waals surface area (Å²) in [5, 5.41) is -0.441. The van der Waals surface area contributed by atoms with Crippen molar-refractivity contribution in [3.05, 3.63) is 0 Å². The van der Waals surface area contributed by atoms with Crippen LogP contribution in [0.4, 0.5) is 0 Å². The molecule has 1 N–H and O–H groups in total. The molecule has 0 radical (unpaired) electrons. The standard InChI is InChI=1S/C10H20N2O3S/c1-8(2)16(14,15)11-9(3)7-12-6-4-5-10(12)13/h8-9,11H,4-7H2,1-3H3. The number of carbonyl (C=O) groups excluding carboxylic acids is 1. The molecule has 1 atom stereocenters. The smallest absolute Gasteiger partial charge is 0.222 e. The highest BCUT2D eigenvalue weighted by atomic mass is 32.2. The zero-order chi connectivity index (χ0) is 12.3. The summed E-state index contributed by atoms with van der Waals surface area (Å²) in [5.41, 5.74) is 0. The fraction of sp³-hybridized carbons (Fsp3) is 0.900. The van der Waals surface area contributed by atoms with Crippen molar-refractivity contribution in [1.29, 1.82) is 0 Å². The fourth-order valence-electron chi connectivity index (χ4n) is 1.68. The Morgan fingerprint density at radius 2 is 2.00 bits per heavy atom. The average molecular weight is 248 g/mol. The second-order valence-corrected chi connectivity index (χ2v) is 6.82. The summed E-state index contributed by atoms with van der Waals surface area (Å²) < 4.78 is 25.7. The lowest BCUT2D eigenvalue weighted by Gasteiger charge is -2.22. The normalized spacial score (nSPS) is 19.5. The lowest BCUT2D eigenvalue weighted by molar-refractivity contribution is -0.127. The van der Waals surface area contributed by atoms with Crippen molar-refractivity contribution in [2.24, 2.45) is 0 Å². The van der Waals surface area contributed by atoms with Crippen molar-refractivity contribution in [2.45, 2.75) is 44.9 Å².